The molecule has 3 atom stereocenters. The van der Waals surface area contributed by atoms with E-state index in [0.717, 1.165) is 6.08 Å². The van der Waals surface area contributed by atoms with E-state index in [1.165, 1.54) is 6.08 Å². The summed E-state index contributed by atoms with van der Waals surface area (Å²) in [5, 5.41) is 17.7. The average Bonchev–Trinajstić information content (AvgIpc) is 2.87. The number of carbonyl (C=O) groups excluding carboxylic acids is 3. The fourth-order valence-corrected chi connectivity index (χ4v) is 4.07. The molecule has 0 amide bonds. The number of hydrogen-bond acceptors (Lipinski definition) is 5. The van der Waals surface area contributed by atoms with Gasteiger partial charge in [0, 0.05) is 30.6 Å². The first-order chi connectivity index (χ1) is 11.7. The van der Waals surface area contributed by atoms with E-state index in [0.29, 0.717) is 37.7 Å². The molecule has 0 unspecified atom stereocenters. The SMILES string of the molecule is C/C(=C/C=C(/O)C(=O)O)C(=O)CC[C@@H]1C(=O)CC[C@]2(C)C(=O)CC[C@@H]12. The molecule has 6 heteroatoms. The van der Waals surface area contributed by atoms with Gasteiger partial charge in [0.25, 0.3) is 0 Å². The van der Waals surface area contributed by atoms with Crippen LogP contribution >= 0.6 is 0 Å². The smallest absolute Gasteiger partial charge is 0.370 e. The summed E-state index contributed by atoms with van der Waals surface area (Å²) < 4.78 is 0. The van der Waals surface area contributed by atoms with Gasteiger partial charge in [0.1, 0.15) is 11.6 Å². The molecule has 2 aliphatic carbocycles. The first kappa shape index (κ1) is 19.1. The topological polar surface area (TPSA) is 109 Å². The fourth-order valence-electron chi connectivity index (χ4n) is 4.07. The molecule has 25 heavy (non-hydrogen) atoms. The molecule has 2 N–H and O–H groups in total. The van der Waals surface area contributed by atoms with Gasteiger partial charge in [-0.25, -0.2) is 4.79 Å². The van der Waals surface area contributed by atoms with E-state index in [4.69, 9.17) is 10.2 Å². The summed E-state index contributed by atoms with van der Waals surface area (Å²) in [6.07, 6.45) is 5.03. The van der Waals surface area contributed by atoms with Crippen LogP contribution in [-0.4, -0.2) is 33.5 Å². The summed E-state index contributed by atoms with van der Waals surface area (Å²) in [7, 11) is 0. The second kappa shape index (κ2) is 7.33. The highest BCUT2D eigenvalue weighted by Gasteiger charge is 2.53. The van der Waals surface area contributed by atoms with Gasteiger partial charge in [-0.15, -0.1) is 0 Å². The number of fused-ring (bicyclic) bond motifs is 1. The van der Waals surface area contributed by atoms with Crippen molar-refractivity contribution in [3.63, 3.8) is 0 Å². The first-order valence-corrected chi connectivity index (χ1v) is 8.57. The largest absolute Gasteiger partial charge is 0.502 e. The van der Waals surface area contributed by atoms with Gasteiger partial charge in [-0.1, -0.05) is 13.0 Å². The van der Waals surface area contributed by atoms with Gasteiger partial charge in [-0.3, -0.25) is 14.4 Å². The summed E-state index contributed by atoms with van der Waals surface area (Å²) in [5.41, 5.74) is -0.107. The summed E-state index contributed by atoms with van der Waals surface area (Å²) in [6.45, 7) is 3.48. The molecular formula is C19H24O6. The number of ketones is 3. The van der Waals surface area contributed by atoms with Crippen molar-refractivity contribution in [1.82, 2.24) is 0 Å². The van der Waals surface area contributed by atoms with Crippen LogP contribution in [0, 0.1) is 17.3 Å². The summed E-state index contributed by atoms with van der Waals surface area (Å²) in [4.78, 5) is 47.2. The molecule has 2 saturated carbocycles. The van der Waals surface area contributed by atoms with Crippen LogP contribution in [0.4, 0.5) is 0 Å². The lowest BCUT2D eigenvalue weighted by Gasteiger charge is -2.39. The maximum Gasteiger partial charge on any atom is 0.370 e. The summed E-state index contributed by atoms with van der Waals surface area (Å²) >= 11 is 0. The molecule has 0 aromatic heterocycles. The second-order valence-electron chi connectivity index (χ2n) is 7.23. The van der Waals surface area contributed by atoms with E-state index in [2.05, 4.69) is 0 Å². The van der Waals surface area contributed by atoms with Crippen LogP contribution in [0.25, 0.3) is 0 Å². The molecule has 2 rings (SSSR count). The number of allylic oxidation sites excluding steroid dienone is 3. The van der Waals surface area contributed by atoms with Gasteiger partial charge in [-0.05, 0) is 43.8 Å². The van der Waals surface area contributed by atoms with Crippen LogP contribution in [0.5, 0.6) is 0 Å². The standard InChI is InChI=1S/C19H24O6/c1-11(3-6-16(22)18(24)25)14(20)7-4-12-13-5-8-17(23)19(13,2)10-9-15(12)21/h3,6,12-13,22H,4-5,7-10H2,1-2H3,(H,24,25)/b11-3-,16-6+/t12-,13-,19-/m0/s1. The minimum absolute atomic E-state index is 0.0225. The Balaban J connectivity index is 2.02. The highest BCUT2D eigenvalue weighted by atomic mass is 16.4. The van der Waals surface area contributed by atoms with Crippen LogP contribution in [-0.2, 0) is 19.2 Å². The van der Waals surface area contributed by atoms with E-state index >= 15 is 0 Å². The molecule has 0 radical (unpaired) electrons. The Labute approximate surface area is 146 Å². The van der Waals surface area contributed by atoms with Gasteiger partial charge in [-0.2, -0.15) is 0 Å². The number of carboxylic acid groups (broad SMARTS) is 1. The predicted octanol–water partition coefficient (Wildman–Crippen LogP) is 2.77. The molecule has 2 fully saturated rings. The maximum absolute atomic E-state index is 12.3. The number of Topliss-reactive ketones (excluding diaryl/α,β-unsaturated/α-hetero) is 3. The van der Waals surface area contributed by atoms with Crippen LogP contribution < -0.4 is 0 Å². The van der Waals surface area contributed by atoms with Crippen molar-refractivity contribution in [2.75, 3.05) is 0 Å². The third kappa shape index (κ3) is 3.89. The highest BCUT2D eigenvalue weighted by molar-refractivity contribution is 5.96. The zero-order valence-corrected chi connectivity index (χ0v) is 14.6. The number of aliphatic carboxylic acids is 1. The van der Waals surface area contributed by atoms with Crippen molar-refractivity contribution in [3.8, 4) is 0 Å². The molecule has 0 spiro atoms. The van der Waals surface area contributed by atoms with Crippen molar-refractivity contribution in [2.45, 2.75) is 52.4 Å². The van der Waals surface area contributed by atoms with E-state index in [9.17, 15) is 19.2 Å². The lowest BCUT2D eigenvalue weighted by molar-refractivity contribution is -0.137. The predicted molar refractivity (Wildman–Crippen MR) is 89.9 cm³/mol. The maximum atomic E-state index is 12.3. The Bertz CT molecular complexity index is 671. The molecule has 136 valence electrons. The number of aliphatic hydroxyl groups excluding tert-OH is 1. The minimum Gasteiger partial charge on any atom is -0.502 e. The summed E-state index contributed by atoms with van der Waals surface area (Å²) in [5.74, 6) is -2.37. The van der Waals surface area contributed by atoms with E-state index in [1.54, 1.807) is 6.92 Å². The number of aliphatic hydroxyl groups is 1. The third-order valence-corrected chi connectivity index (χ3v) is 5.76. The van der Waals surface area contributed by atoms with Gasteiger partial charge < -0.3 is 10.2 Å². The number of hydrogen-bond donors (Lipinski definition) is 2. The van der Waals surface area contributed by atoms with Crippen molar-refractivity contribution in [3.05, 3.63) is 23.5 Å². The molecule has 0 aromatic carbocycles. The third-order valence-electron chi connectivity index (χ3n) is 5.76. The molecule has 0 heterocycles. The average molecular weight is 348 g/mol. The van der Waals surface area contributed by atoms with E-state index in [1.807, 2.05) is 6.92 Å². The number of carbonyl (C=O) groups is 4. The quantitative estimate of drug-likeness (QED) is 0.434. The van der Waals surface area contributed by atoms with Crippen molar-refractivity contribution >= 4 is 23.3 Å². The zero-order chi connectivity index (χ0) is 18.8. The monoisotopic (exact) mass is 348 g/mol. The van der Waals surface area contributed by atoms with Crippen LogP contribution in [0.3, 0.4) is 0 Å². The Hall–Kier alpha value is -2.24. The lowest BCUT2D eigenvalue weighted by Crippen LogP contribution is -2.42. The molecule has 2 aliphatic rings. The number of carboxylic acids is 1. The minimum atomic E-state index is -1.46. The van der Waals surface area contributed by atoms with Crippen LogP contribution in [0.2, 0.25) is 0 Å². The number of rotatable bonds is 6. The Morgan fingerprint density at radius 1 is 1.20 bits per heavy atom. The van der Waals surface area contributed by atoms with Gasteiger partial charge in [0.2, 0.25) is 5.76 Å². The second-order valence-corrected chi connectivity index (χ2v) is 7.23. The zero-order valence-electron chi connectivity index (χ0n) is 14.6. The molecule has 0 saturated heterocycles. The fraction of sp³-hybridized carbons (Fsp3) is 0.579. The molecular weight excluding hydrogens is 324 g/mol. The molecule has 6 nitrogen and oxygen atoms in total. The highest BCUT2D eigenvalue weighted by Crippen LogP contribution is 2.52. The van der Waals surface area contributed by atoms with Crippen molar-refractivity contribution in [2.24, 2.45) is 17.3 Å². The van der Waals surface area contributed by atoms with Crippen molar-refractivity contribution in [1.29, 1.82) is 0 Å². The Kier molecular flexibility index (Phi) is 5.60. The van der Waals surface area contributed by atoms with E-state index in [-0.39, 0.29) is 35.6 Å². The summed E-state index contributed by atoms with van der Waals surface area (Å²) in [6, 6.07) is 0. The van der Waals surface area contributed by atoms with Gasteiger partial charge >= 0.3 is 5.97 Å². The Morgan fingerprint density at radius 3 is 2.52 bits per heavy atom. The lowest BCUT2D eigenvalue weighted by atomic mass is 9.62. The Morgan fingerprint density at radius 2 is 1.88 bits per heavy atom. The van der Waals surface area contributed by atoms with E-state index < -0.39 is 17.1 Å². The van der Waals surface area contributed by atoms with Crippen molar-refractivity contribution < 1.29 is 29.4 Å². The first-order valence-electron chi connectivity index (χ1n) is 8.57. The molecule has 0 bridgehead atoms. The van der Waals surface area contributed by atoms with Crippen LogP contribution in [0.1, 0.15) is 52.4 Å². The normalized spacial score (nSPS) is 30.3. The van der Waals surface area contributed by atoms with Gasteiger partial charge in [0.15, 0.2) is 5.78 Å². The van der Waals surface area contributed by atoms with Gasteiger partial charge in [0.05, 0.1) is 0 Å². The van der Waals surface area contributed by atoms with Crippen LogP contribution in [0.15, 0.2) is 23.5 Å². The molecule has 0 aromatic rings. The molecule has 0 aliphatic heterocycles.